The van der Waals surface area contributed by atoms with Crippen LogP contribution < -0.4 is 5.56 Å². The Kier molecular flexibility index (Phi) is 4.34. The smallest absolute Gasteiger partial charge is 0.291 e. The van der Waals surface area contributed by atoms with Crippen molar-refractivity contribution in [2.45, 2.75) is 6.92 Å². The highest BCUT2D eigenvalue weighted by Crippen LogP contribution is 2.43. The lowest BCUT2D eigenvalue weighted by atomic mass is 9.82. The number of aliphatic hydroxyl groups excluding tert-OH is 1. The summed E-state index contributed by atoms with van der Waals surface area (Å²) in [5, 5.41) is 10.1. The van der Waals surface area contributed by atoms with Crippen LogP contribution in [0.15, 0.2) is 33.9 Å². The minimum Gasteiger partial charge on any atom is -0.438 e. The van der Waals surface area contributed by atoms with Crippen LogP contribution in [0.4, 0.5) is 0 Å². The molecule has 28 heavy (non-hydrogen) atoms. The highest BCUT2D eigenvalue weighted by atomic mass is 16.3. The maximum Gasteiger partial charge on any atom is 0.291 e. The van der Waals surface area contributed by atoms with Gasteiger partial charge in [0, 0.05) is 56.8 Å². The van der Waals surface area contributed by atoms with Crippen LogP contribution in [0, 0.1) is 18.3 Å². The molecule has 0 spiro atoms. The summed E-state index contributed by atoms with van der Waals surface area (Å²) in [4.78, 5) is 44.5. The van der Waals surface area contributed by atoms with Crippen LogP contribution in [-0.2, 0) is 7.05 Å². The molecule has 2 amide bonds. The number of rotatable bonds is 3. The number of hydrogen-bond acceptors (Lipinski definition) is 6. The average Bonchev–Trinajstić information content (AvgIpc) is 3.35. The van der Waals surface area contributed by atoms with Crippen molar-refractivity contribution >= 4 is 11.8 Å². The number of aromatic nitrogens is 2. The number of oxazole rings is 1. The lowest BCUT2D eigenvalue weighted by Gasteiger charge is -2.27. The summed E-state index contributed by atoms with van der Waals surface area (Å²) >= 11 is 0. The van der Waals surface area contributed by atoms with Crippen LogP contribution in [-0.4, -0.2) is 69.1 Å². The zero-order valence-electron chi connectivity index (χ0n) is 15.8. The first-order valence-corrected chi connectivity index (χ1v) is 9.11. The SMILES string of the molecule is Cc1ncoc1C(=O)N1C[C@H]2CN(C(=O)c3ccc(=O)n(C)c3)C[C@@]2(CO)C1. The number of carbonyl (C=O) groups is 2. The van der Waals surface area contributed by atoms with E-state index in [4.69, 9.17) is 4.42 Å². The second kappa shape index (κ2) is 6.59. The second-order valence-corrected chi connectivity index (χ2v) is 7.72. The molecule has 2 aromatic heterocycles. The third-order valence-corrected chi connectivity index (χ3v) is 5.92. The van der Waals surface area contributed by atoms with Crippen LogP contribution in [0.25, 0.3) is 0 Å². The zero-order valence-corrected chi connectivity index (χ0v) is 15.8. The van der Waals surface area contributed by atoms with E-state index in [-0.39, 0.29) is 35.7 Å². The molecule has 1 N–H and O–H groups in total. The Morgan fingerprint density at radius 3 is 2.46 bits per heavy atom. The fraction of sp³-hybridized carbons (Fsp3) is 0.474. The molecule has 2 aliphatic heterocycles. The number of likely N-dealkylation sites (tertiary alicyclic amines) is 2. The lowest BCUT2D eigenvalue weighted by molar-refractivity contribution is 0.0649. The van der Waals surface area contributed by atoms with Crippen molar-refractivity contribution in [3.05, 3.63) is 52.1 Å². The molecule has 0 radical (unpaired) electrons. The third-order valence-electron chi connectivity index (χ3n) is 5.92. The molecule has 0 aliphatic carbocycles. The van der Waals surface area contributed by atoms with Crippen LogP contribution in [0.1, 0.15) is 26.6 Å². The van der Waals surface area contributed by atoms with E-state index in [1.165, 1.54) is 29.3 Å². The molecule has 2 aliphatic rings. The topological polar surface area (TPSA) is 109 Å². The molecule has 9 nitrogen and oxygen atoms in total. The minimum atomic E-state index is -0.556. The quantitative estimate of drug-likeness (QED) is 0.788. The van der Waals surface area contributed by atoms with Crippen molar-refractivity contribution in [1.82, 2.24) is 19.4 Å². The van der Waals surface area contributed by atoms with Crippen molar-refractivity contribution in [2.24, 2.45) is 18.4 Å². The Morgan fingerprint density at radius 2 is 1.93 bits per heavy atom. The summed E-state index contributed by atoms with van der Waals surface area (Å²) < 4.78 is 6.58. The summed E-state index contributed by atoms with van der Waals surface area (Å²) in [6.45, 7) is 3.19. The summed E-state index contributed by atoms with van der Waals surface area (Å²) in [7, 11) is 1.60. The molecule has 0 unspecified atom stereocenters. The Morgan fingerprint density at radius 1 is 1.25 bits per heavy atom. The molecule has 0 bridgehead atoms. The van der Waals surface area contributed by atoms with Gasteiger partial charge in [0.05, 0.1) is 17.9 Å². The van der Waals surface area contributed by atoms with Gasteiger partial charge in [-0.3, -0.25) is 14.4 Å². The van der Waals surface area contributed by atoms with Gasteiger partial charge in [0.1, 0.15) is 0 Å². The number of carbonyl (C=O) groups excluding carboxylic acids is 2. The minimum absolute atomic E-state index is 0.0267. The summed E-state index contributed by atoms with van der Waals surface area (Å²) in [5.74, 6) is -0.234. The maximum atomic E-state index is 12.9. The standard InChI is InChI=1S/C19H22N4O5/c1-12-16(28-11-20-12)18(27)23-7-14-6-22(8-19(14,9-23)10-24)17(26)13-3-4-15(25)21(2)5-13/h3-5,11,14,24H,6-10H2,1-2H3/t14-,19+/m1/s1. The van der Waals surface area contributed by atoms with E-state index in [0.29, 0.717) is 37.4 Å². The number of aliphatic hydroxyl groups is 1. The van der Waals surface area contributed by atoms with Crippen LogP contribution in [0.5, 0.6) is 0 Å². The van der Waals surface area contributed by atoms with Gasteiger partial charge < -0.3 is 23.9 Å². The molecule has 2 atom stereocenters. The number of pyridine rings is 1. The van der Waals surface area contributed by atoms with Gasteiger partial charge in [0.25, 0.3) is 11.8 Å². The van der Waals surface area contributed by atoms with Gasteiger partial charge in [-0.25, -0.2) is 4.98 Å². The third kappa shape index (κ3) is 2.82. The highest BCUT2D eigenvalue weighted by Gasteiger charge is 2.54. The van der Waals surface area contributed by atoms with E-state index in [1.54, 1.807) is 23.8 Å². The van der Waals surface area contributed by atoms with Crippen molar-refractivity contribution in [3.63, 3.8) is 0 Å². The van der Waals surface area contributed by atoms with E-state index in [2.05, 4.69) is 4.98 Å². The second-order valence-electron chi connectivity index (χ2n) is 7.72. The Hall–Kier alpha value is -2.94. The molecule has 4 heterocycles. The normalized spacial score (nSPS) is 23.9. The average molecular weight is 386 g/mol. The van der Waals surface area contributed by atoms with Gasteiger partial charge in [-0.1, -0.05) is 0 Å². The first kappa shape index (κ1) is 18.4. The largest absolute Gasteiger partial charge is 0.438 e. The van der Waals surface area contributed by atoms with E-state index in [9.17, 15) is 19.5 Å². The molecule has 0 aromatic carbocycles. The van der Waals surface area contributed by atoms with Crippen molar-refractivity contribution in [3.8, 4) is 0 Å². The van der Waals surface area contributed by atoms with Crippen LogP contribution in [0.3, 0.4) is 0 Å². The van der Waals surface area contributed by atoms with Crippen molar-refractivity contribution in [2.75, 3.05) is 32.8 Å². The van der Waals surface area contributed by atoms with E-state index in [0.717, 1.165) is 0 Å². The predicted molar refractivity (Wildman–Crippen MR) is 97.7 cm³/mol. The number of amides is 2. The molecule has 4 rings (SSSR count). The molecule has 148 valence electrons. The Labute approximate surface area is 161 Å². The number of fused-ring (bicyclic) bond motifs is 1. The van der Waals surface area contributed by atoms with Crippen LogP contribution in [0.2, 0.25) is 0 Å². The number of nitrogens with zero attached hydrogens (tertiary/aromatic N) is 4. The van der Waals surface area contributed by atoms with Gasteiger partial charge in [0.15, 0.2) is 6.39 Å². The molecule has 2 aromatic rings. The molecule has 0 saturated carbocycles. The monoisotopic (exact) mass is 386 g/mol. The molecular formula is C19H22N4O5. The van der Waals surface area contributed by atoms with Gasteiger partial charge in [-0.2, -0.15) is 0 Å². The van der Waals surface area contributed by atoms with E-state index < -0.39 is 5.41 Å². The maximum absolute atomic E-state index is 12.9. The molecule has 2 saturated heterocycles. The van der Waals surface area contributed by atoms with Gasteiger partial charge >= 0.3 is 0 Å². The van der Waals surface area contributed by atoms with Gasteiger partial charge in [0.2, 0.25) is 11.3 Å². The molecule has 9 heteroatoms. The fourth-order valence-corrected chi connectivity index (χ4v) is 4.27. The molecular weight excluding hydrogens is 364 g/mol. The summed E-state index contributed by atoms with van der Waals surface area (Å²) in [5.41, 5.74) is 0.227. The summed E-state index contributed by atoms with van der Waals surface area (Å²) in [6.07, 6.45) is 2.77. The summed E-state index contributed by atoms with van der Waals surface area (Å²) in [6, 6.07) is 2.89. The number of hydrogen-bond donors (Lipinski definition) is 1. The first-order valence-electron chi connectivity index (χ1n) is 9.11. The fourth-order valence-electron chi connectivity index (χ4n) is 4.27. The van der Waals surface area contributed by atoms with Crippen molar-refractivity contribution in [1.29, 1.82) is 0 Å². The highest BCUT2D eigenvalue weighted by molar-refractivity contribution is 5.94. The first-order chi connectivity index (χ1) is 13.3. The van der Waals surface area contributed by atoms with Crippen molar-refractivity contribution < 1.29 is 19.1 Å². The Balaban J connectivity index is 1.52. The van der Waals surface area contributed by atoms with E-state index >= 15 is 0 Å². The zero-order chi connectivity index (χ0) is 20.1. The van der Waals surface area contributed by atoms with Crippen LogP contribution >= 0.6 is 0 Å². The number of aryl methyl sites for hydroxylation is 2. The van der Waals surface area contributed by atoms with Gasteiger partial charge in [-0.15, -0.1) is 0 Å². The Bertz CT molecular complexity index is 996. The van der Waals surface area contributed by atoms with E-state index in [1.807, 2.05) is 0 Å². The lowest BCUT2D eigenvalue weighted by Crippen LogP contribution is -2.40. The van der Waals surface area contributed by atoms with Gasteiger partial charge in [-0.05, 0) is 13.0 Å². The molecule has 2 fully saturated rings. The predicted octanol–water partition coefficient (Wildman–Crippen LogP) is -0.112.